The topological polar surface area (TPSA) is 65.5 Å². The van der Waals surface area contributed by atoms with Gasteiger partial charge in [-0.25, -0.2) is 4.98 Å². The number of rotatable bonds is 4. The highest BCUT2D eigenvalue weighted by atomic mass is 32.1. The molecule has 0 radical (unpaired) electrons. The van der Waals surface area contributed by atoms with Crippen LogP contribution in [0.25, 0.3) is 0 Å². The van der Waals surface area contributed by atoms with Crippen LogP contribution in [0, 0.1) is 18.8 Å². The van der Waals surface area contributed by atoms with Crippen molar-refractivity contribution >= 4 is 34.0 Å². The number of hydrogen-bond acceptors (Lipinski definition) is 5. The lowest BCUT2D eigenvalue weighted by molar-refractivity contribution is -0.134. The van der Waals surface area contributed by atoms with Gasteiger partial charge >= 0.3 is 0 Å². The number of benzene rings is 1. The van der Waals surface area contributed by atoms with Gasteiger partial charge < -0.3 is 15.1 Å². The SMILES string of the molecule is Cc1cccc(NC(=O)[C@H]2CCc3nc(N4CCN(C(=O)C(C)C)CC4)sc3C2)c1. The third-order valence-corrected chi connectivity index (χ3v) is 7.12. The molecule has 2 aromatic rings. The Morgan fingerprint density at radius 2 is 1.97 bits per heavy atom. The lowest BCUT2D eigenvalue weighted by atomic mass is 9.90. The van der Waals surface area contributed by atoms with Crippen LogP contribution in [0.2, 0.25) is 0 Å². The fourth-order valence-corrected chi connectivity index (χ4v) is 5.41. The number of aromatic nitrogens is 1. The van der Waals surface area contributed by atoms with E-state index >= 15 is 0 Å². The molecule has 1 aliphatic heterocycles. The van der Waals surface area contributed by atoms with Crippen LogP contribution >= 0.6 is 11.3 Å². The lowest BCUT2D eigenvalue weighted by Gasteiger charge is -2.35. The molecule has 1 N–H and O–H groups in total. The Morgan fingerprint density at radius 1 is 1.20 bits per heavy atom. The van der Waals surface area contributed by atoms with E-state index in [9.17, 15) is 9.59 Å². The van der Waals surface area contributed by atoms with Gasteiger partial charge in [-0.2, -0.15) is 0 Å². The normalized spacial score (nSPS) is 19.0. The Labute approximate surface area is 182 Å². The zero-order chi connectivity index (χ0) is 21.3. The van der Waals surface area contributed by atoms with Crippen LogP contribution in [0.15, 0.2) is 24.3 Å². The smallest absolute Gasteiger partial charge is 0.227 e. The number of nitrogens with zero attached hydrogens (tertiary/aromatic N) is 3. The molecule has 2 amide bonds. The number of fused-ring (bicyclic) bond motifs is 1. The quantitative estimate of drug-likeness (QED) is 0.813. The molecular weight excluding hydrogens is 396 g/mol. The first-order chi connectivity index (χ1) is 14.4. The van der Waals surface area contributed by atoms with Crippen LogP contribution in [0.4, 0.5) is 10.8 Å². The molecule has 6 nitrogen and oxygen atoms in total. The summed E-state index contributed by atoms with van der Waals surface area (Å²) in [4.78, 5) is 35.3. The molecule has 1 aromatic carbocycles. The fourth-order valence-electron chi connectivity index (χ4n) is 4.17. The molecule has 7 heteroatoms. The van der Waals surface area contributed by atoms with E-state index in [1.807, 2.05) is 49.9 Å². The molecule has 0 unspecified atom stereocenters. The summed E-state index contributed by atoms with van der Waals surface area (Å²) in [5.74, 6) is 0.371. The third-order valence-electron chi connectivity index (χ3n) is 5.94. The van der Waals surface area contributed by atoms with Gasteiger partial charge in [0.05, 0.1) is 5.69 Å². The monoisotopic (exact) mass is 426 g/mol. The summed E-state index contributed by atoms with van der Waals surface area (Å²) in [5.41, 5.74) is 3.15. The second-order valence-corrected chi connectivity index (χ2v) is 9.69. The van der Waals surface area contributed by atoms with Gasteiger partial charge in [-0.3, -0.25) is 9.59 Å². The summed E-state index contributed by atoms with van der Waals surface area (Å²) in [6.45, 7) is 9.08. The zero-order valence-electron chi connectivity index (χ0n) is 18.0. The second-order valence-electron chi connectivity index (χ2n) is 8.63. The maximum atomic E-state index is 12.8. The predicted octanol–water partition coefficient (Wildman–Crippen LogP) is 3.50. The van der Waals surface area contributed by atoms with Gasteiger partial charge in [0.25, 0.3) is 0 Å². The van der Waals surface area contributed by atoms with Crippen molar-refractivity contribution in [2.75, 3.05) is 36.4 Å². The number of anilines is 2. The van der Waals surface area contributed by atoms with E-state index < -0.39 is 0 Å². The van der Waals surface area contributed by atoms with E-state index in [1.165, 1.54) is 4.88 Å². The standard InChI is InChI=1S/C23H30N4O2S/c1-15(2)22(29)26-9-11-27(12-10-26)23-25-19-8-7-17(14-20(19)30-23)21(28)24-18-6-4-5-16(3)13-18/h4-6,13,15,17H,7-12,14H2,1-3H3,(H,24,28)/t17-/m0/s1. The van der Waals surface area contributed by atoms with Crippen LogP contribution in [0.1, 0.15) is 36.4 Å². The Kier molecular flexibility index (Phi) is 6.09. The summed E-state index contributed by atoms with van der Waals surface area (Å²) in [6.07, 6.45) is 2.45. The Hall–Kier alpha value is -2.41. The average Bonchev–Trinajstić information content (AvgIpc) is 3.16. The first-order valence-electron chi connectivity index (χ1n) is 10.8. The molecule has 0 saturated carbocycles. The summed E-state index contributed by atoms with van der Waals surface area (Å²) in [6, 6.07) is 7.93. The van der Waals surface area contributed by atoms with E-state index in [4.69, 9.17) is 4.98 Å². The van der Waals surface area contributed by atoms with Crippen LogP contribution in [0.5, 0.6) is 0 Å². The van der Waals surface area contributed by atoms with Crippen molar-refractivity contribution in [3.63, 3.8) is 0 Å². The van der Waals surface area contributed by atoms with Gasteiger partial charge in [-0.05, 0) is 43.9 Å². The highest BCUT2D eigenvalue weighted by Gasteiger charge is 2.30. The van der Waals surface area contributed by atoms with Gasteiger partial charge in [0, 0.05) is 48.6 Å². The Balaban J connectivity index is 1.37. The first kappa shape index (κ1) is 20.8. The predicted molar refractivity (Wildman–Crippen MR) is 121 cm³/mol. The molecule has 2 aliphatic rings. The van der Waals surface area contributed by atoms with E-state index in [0.717, 1.165) is 67.5 Å². The maximum absolute atomic E-state index is 12.8. The number of piperazine rings is 1. The minimum atomic E-state index is -0.00757. The highest BCUT2D eigenvalue weighted by molar-refractivity contribution is 7.15. The Morgan fingerprint density at radius 3 is 2.67 bits per heavy atom. The minimum absolute atomic E-state index is 0.00757. The minimum Gasteiger partial charge on any atom is -0.345 e. The molecule has 0 bridgehead atoms. The molecular formula is C23H30N4O2S. The van der Waals surface area contributed by atoms with Gasteiger partial charge in [0.15, 0.2) is 5.13 Å². The van der Waals surface area contributed by atoms with Crippen LogP contribution < -0.4 is 10.2 Å². The van der Waals surface area contributed by atoms with Gasteiger partial charge in [0.2, 0.25) is 11.8 Å². The number of thiazole rings is 1. The van der Waals surface area contributed by atoms with Crippen molar-refractivity contribution in [2.24, 2.45) is 11.8 Å². The second kappa shape index (κ2) is 8.76. The number of hydrogen-bond donors (Lipinski definition) is 1. The first-order valence-corrected chi connectivity index (χ1v) is 11.6. The Bertz CT molecular complexity index is 931. The number of aryl methyl sites for hydroxylation is 2. The highest BCUT2D eigenvalue weighted by Crippen LogP contribution is 2.35. The summed E-state index contributed by atoms with van der Waals surface area (Å²) in [5, 5.41) is 4.11. The third kappa shape index (κ3) is 4.51. The molecule has 2 heterocycles. The summed E-state index contributed by atoms with van der Waals surface area (Å²) in [7, 11) is 0. The molecule has 1 saturated heterocycles. The van der Waals surface area contributed by atoms with Crippen molar-refractivity contribution in [1.29, 1.82) is 0 Å². The maximum Gasteiger partial charge on any atom is 0.227 e. The zero-order valence-corrected chi connectivity index (χ0v) is 18.8. The van der Waals surface area contributed by atoms with E-state index in [-0.39, 0.29) is 23.7 Å². The van der Waals surface area contributed by atoms with Gasteiger partial charge in [0.1, 0.15) is 0 Å². The van der Waals surface area contributed by atoms with Gasteiger partial charge in [-0.15, -0.1) is 11.3 Å². The number of nitrogens with one attached hydrogen (secondary N) is 1. The largest absolute Gasteiger partial charge is 0.345 e. The van der Waals surface area contributed by atoms with Crippen LogP contribution in [-0.2, 0) is 22.4 Å². The van der Waals surface area contributed by atoms with E-state index in [2.05, 4.69) is 10.2 Å². The van der Waals surface area contributed by atoms with E-state index in [1.54, 1.807) is 11.3 Å². The molecule has 0 spiro atoms. The lowest BCUT2D eigenvalue weighted by Crippen LogP contribution is -2.49. The molecule has 1 aromatic heterocycles. The van der Waals surface area contributed by atoms with Gasteiger partial charge in [-0.1, -0.05) is 26.0 Å². The number of carbonyl (C=O) groups is 2. The average molecular weight is 427 g/mol. The van der Waals surface area contributed by atoms with Crippen LogP contribution in [-0.4, -0.2) is 47.9 Å². The molecule has 30 heavy (non-hydrogen) atoms. The van der Waals surface area contributed by atoms with E-state index in [0.29, 0.717) is 0 Å². The molecule has 1 atom stereocenters. The number of amides is 2. The van der Waals surface area contributed by atoms with Crippen LogP contribution in [0.3, 0.4) is 0 Å². The van der Waals surface area contributed by atoms with Crippen molar-refractivity contribution in [3.8, 4) is 0 Å². The van der Waals surface area contributed by atoms with Crippen molar-refractivity contribution in [1.82, 2.24) is 9.88 Å². The molecule has 160 valence electrons. The van der Waals surface area contributed by atoms with Crippen molar-refractivity contribution in [3.05, 3.63) is 40.4 Å². The number of carbonyl (C=O) groups excluding carboxylic acids is 2. The van der Waals surface area contributed by atoms with Crippen molar-refractivity contribution < 1.29 is 9.59 Å². The molecule has 4 rings (SSSR count). The molecule has 1 fully saturated rings. The summed E-state index contributed by atoms with van der Waals surface area (Å²) < 4.78 is 0. The summed E-state index contributed by atoms with van der Waals surface area (Å²) >= 11 is 1.72. The fraction of sp³-hybridized carbons (Fsp3) is 0.522. The molecule has 1 aliphatic carbocycles. The van der Waals surface area contributed by atoms with Crippen molar-refractivity contribution in [2.45, 2.75) is 40.0 Å².